The molecule has 1 aliphatic heterocycles. The summed E-state index contributed by atoms with van der Waals surface area (Å²) in [7, 11) is -2.80. The topological polar surface area (TPSA) is 118 Å². The van der Waals surface area contributed by atoms with Gasteiger partial charge < -0.3 is 15.4 Å². The smallest absolute Gasteiger partial charge is 0.228 e. The minimum Gasteiger partial charge on any atom is -0.438 e. The van der Waals surface area contributed by atoms with Gasteiger partial charge in [-0.25, -0.2) is 28.1 Å². The van der Waals surface area contributed by atoms with Crippen LogP contribution in [0.15, 0.2) is 79.1 Å². The Balaban J connectivity index is 1.39. The van der Waals surface area contributed by atoms with Crippen LogP contribution in [0.25, 0.3) is 11.3 Å². The van der Waals surface area contributed by atoms with Crippen LogP contribution in [-0.4, -0.2) is 42.5 Å². The summed E-state index contributed by atoms with van der Waals surface area (Å²) in [5.41, 5.74) is 3.96. The number of nitrogens with zero attached hydrogens (tertiary/aromatic N) is 3. The highest BCUT2D eigenvalue weighted by Crippen LogP contribution is 2.34. The monoisotopic (exact) mass is 530 g/mol. The summed E-state index contributed by atoms with van der Waals surface area (Å²) in [5, 5.41) is 6.81. The van der Waals surface area contributed by atoms with E-state index in [4.69, 9.17) is 9.72 Å². The maximum atomic E-state index is 11.5. The maximum absolute atomic E-state index is 11.5. The first-order chi connectivity index (χ1) is 18.6. The SMILES string of the molecule is Cc1cc([C@@H](N[SH](=O)=O)c2ccccc2)ccc1Oc1ncccc1-c1ccnc(N[C@H]2CCCNC2)n1. The fraction of sp³-hybridized carbons (Fsp3) is 0.250. The lowest BCUT2D eigenvalue weighted by atomic mass is 9.98. The zero-order chi connectivity index (χ0) is 26.3. The molecule has 0 spiro atoms. The van der Waals surface area contributed by atoms with Gasteiger partial charge in [0.05, 0.1) is 17.3 Å². The number of piperidine rings is 1. The van der Waals surface area contributed by atoms with E-state index in [0.29, 0.717) is 29.3 Å². The molecule has 196 valence electrons. The first-order valence-corrected chi connectivity index (χ1v) is 13.7. The van der Waals surface area contributed by atoms with Gasteiger partial charge in [-0.1, -0.05) is 42.5 Å². The summed E-state index contributed by atoms with van der Waals surface area (Å²) in [6, 6.07) is 20.5. The van der Waals surface area contributed by atoms with E-state index in [1.807, 2.05) is 73.7 Å². The molecule has 2 atom stereocenters. The second kappa shape index (κ2) is 12.1. The highest BCUT2D eigenvalue weighted by molar-refractivity contribution is 7.70. The normalized spacial score (nSPS) is 16.2. The lowest BCUT2D eigenvalue weighted by Gasteiger charge is -2.23. The molecule has 0 saturated carbocycles. The Morgan fingerprint density at radius 2 is 1.87 bits per heavy atom. The van der Waals surface area contributed by atoms with Gasteiger partial charge in [-0.15, -0.1) is 0 Å². The predicted molar refractivity (Wildman–Crippen MR) is 148 cm³/mol. The van der Waals surface area contributed by atoms with Crippen LogP contribution < -0.4 is 20.1 Å². The molecule has 0 bridgehead atoms. The zero-order valence-electron chi connectivity index (χ0n) is 21.0. The Hall–Kier alpha value is -3.86. The first-order valence-electron chi connectivity index (χ1n) is 12.6. The minimum absolute atomic E-state index is 0.290. The van der Waals surface area contributed by atoms with Crippen LogP contribution in [0.5, 0.6) is 11.6 Å². The average molecular weight is 531 g/mol. The molecule has 1 saturated heterocycles. The van der Waals surface area contributed by atoms with Gasteiger partial charge in [-0.05, 0) is 67.3 Å². The van der Waals surface area contributed by atoms with Crippen LogP contribution in [0, 0.1) is 6.92 Å². The molecule has 5 rings (SSSR count). The van der Waals surface area contributed by atoms with Gasteiger partial charge in [0.2, 0.25) is 22.7 Å². The van der Waals surface area contributed by atoms with Crippen molar-refractivity contribution in [2.45, 2.75) is 31.8 Å². The molecule has 0 radical (unpaired) electrons. The number of aryl methyl sites for hydroxylation is 1. The Morgan fingerprint density at radius 1 is 1.00 bits per heavy atom. The average Bonchev–Trinajstić information content (AvgIpc) is 2.94. The molecule has 0 aliphatic carbocycles. The van der Waals surface area contributed by atoms with Crippen molar-refractivity contribution < 1.29 is 13.2 Å². The third-order valence-corrected chi connectivity index (χ3v) is 6.91. The highest BCUT2D eigenvalue weighted by atomic mass is 32.2. The van der Waals surface area contributed by atoms with E-state index < -0.39 is 16.9 Å². The first kappa shape index (κ1) is 25.8. The number of thiol groups is 1. The Kier molecular flexibility index (Phi) is 8.22. The molecular weight excluding hydrogens is 500 g/mol. The number of hydrogen-bond acceptors (Lipinski definition) is 8. The van der Waals surface area contributed by atoms with E-state index in [-0.39, 0.29) is 0 Å². The number of nitrogens with one attached hydrogen (secondary N) is 3. The van der Waals surface area contributed by atoms with Crippen molar-refractivity contribution in [3.63, 3.8) is 0 Å². The Labute approximate surface area is 223 Å². The quantitative estimate of drug-likeness (QED) is 0.240. The van der Waals surface area contributed by atoms with E-state index in [0.717, 1.165) is 48.2 Å². The van der Waals surface area contributed by atoms with Gasteiger partial charge in [0.25, 0.3) is 0 Å². The number of benzene rings is 2. The van der Waals surface area contributed by atoms with Crippen molar-refractivity contribution in [1.82, 2.24) is 25.0 Å². The molecule has 10 heteroatoms. The summed E-state index contributed by atoms with van der Waals surface area (Å²) in [5.74, 6) is 1.61. The van der Waals surface area contributed by atoms with Crippen molar-refractivity contribution in [3.8, 4) is 22.9 Å². The number of hydrogen-bond donors (Lipinski definition) is 4. The van der Waals surface area contributed by atoms with Gasteiger partial charge in [0, 0.05) is 25.0 Å². The number of pyridine rings is 1. The predicted octanol–water partition coefficient (Wildman–Crippen LogP) is 4.01. The van der Waals surface area contributed by atoms with E-state index in [1.165, 1.54) is 0 Å². The van der Waals surface area contributed by atoms with Crippen molar-refractivity contribution in [1.29, 1.82) is 0 Å². The molecule has 0 amide bonds. The molecule has 4 aromatic rings. The number of rotatable bonds is 9. The van der Waals surface area contributed by atoms with Crippen LogP contribution in [-0.2, 0) is 10.9 Å². The summed E-state index contributed by atoms with van der Waals surface area (Å²) >= 11 is 0. The summed E-state index contributed by atoms with van der Waals surface area (Å²) in [6.45, 7) is 3.85. The summed E-state index contributed by atoms with van der Waals surface area (Å²) < 4.78 is 32.0. The van der Waals surface area contributed by atoms with Crippen LogP contribution in [0.1, 0.15) is 35.6 Å². The lowest BCUT2D eigenvalue weighted by Crippen LogP contribution is -2.38. The van der Waals surface area contributed by atoms with E-state index in [2.05, 4.69) is 25.3 Å². The fourth-order valence-electron chi connectivity index (χ4n) is 4.57. The summed E-state index contributed by atoms with van der Waals surface area (Å²) in [6.07, 6.45) is 5.60. The van der Waals surface area contributed by atoms with E-state index >= 15 is 0 Å². The maximum Gasteiger partial charge on any atom is 0.228 e. The van der Waals surface area contributed by atoms with Gasteiger partial charge in [0.1, 0.15) is 5.75 Å². The van der Waals surface area contributed by atoms with Crippen molar-refractivity contribution >= 4 is 16.8 Å². The minimum atomic E-state index is -2.80. The molecule has 2 aromatic heterocycles. The van der Waals surface area contributed by atoms with Gasteiger partial charge >= 0.3 is 0 Å². The van der Waals surface area contributed by atoms with Crippen molar-refractivity contribution in [2.24, 2.45) is 0 Å². The van der Waals surface area contributed by atoms with E-state index in [9.17, 15) is 8.42 Å². The second-order valence-electron chi connectivity index (χ2n) is 9.17. The number of aromatic nitrogens is 3. The van der Waals surface area contributed by atoms with Crippen LogP contribution >= 0.6 is 0 Å². The van der Waals surface area contributed by atoms with Crippen LogP contribution in [0.3, 0.4) is 0 Å². The van der Waals surface area contributed by atoms with Gasteiger partial charge in [0.15, 0.2) is 0 Å². The molecule has 1 aliphatic rings. The fourth-order valence-corrected chi connectivity index (χ4v) is 5.08. The van der Waals surface area contributed by atoms with Crippen molar-refractivity contribution in [2.75, 3.05) is 18.4 Å². The number of anilines is 1. The van der Waals surface area contributed by atoms with Gasteiger partial charge in [-0.3, -0.25) is 0 Å². The molecule has 1 fully saturated rings. The zero-order valence-corrected chi connectivity index (χ0v) is 21.9. The molecule has 3 heterocycles. The molecule has 0 unspecified atom stereocenters. The molecule has 3 N–H and O–H groups in total. The third kappa shape index (κ3) is 6.34. The highest BCUT2D eigenvalue weighted by Gasteiger charge is 2.18. The van der Waals surface area contributed by atoms with Crippen molar-refractivity contribution in [3.05, 3.63) is 95.8 Å². The summed E-state index contributed by atoms with van der Waals surface area (Å²) in [4.78, 5) is 13.6. The second-order valence-corrected chi connectivity index (χ2v) is 9.94. The Morgan fingerprint density at radius 3 is 2.63 bits per heavy atom. The standard InChI is InChI=1S/C28H30N6O3S/c1-19-17-21(26(34-38(35)36)20-7-3-2-4-8-20)11-12-25(19)37-27-23(10-6-15-30-27)24-13-16-31-28(33-24)32-22-9-5-14-29-18-22/h2-4,6-8,10-13,15-17,22,26,29,38H,5,9,14,18H2,1H3,(H,31,32,33)(H,34,35,36)/t22-,26-/m0/s1. The molecule has 2 aromatic carbocycles. The van der Waals surface area contributed by atoms with Crippen LogP contribution in [0.2, 0.25) is 0 Å². The number of ether oxygens (including phenoxy) is 1. The lowest BCUT2D eigenvalue weighted by molar-refractivity contribution is 0.461. The largest absolute Gasteiger partial charge is 0.438 e. The van der Waals surface area contributed by atoms with Crippen LogP contribution in [0.4, 0.5) is 5.95 Å². The Bertz CT molecular complexity index is 1450. The molecule has 38 heavy (non-hydrogen) atoms. The molecule has 9 nitrogen and oxygen atoms in total. The molecular formula is C28H30N6O3S. The van der Waals surface area contributed by atoms with E-state index in [1.54, 1.807) is 12.4 Å². The van der Waals surface area contributed by atoms with Gasteiger partial charge in [-0.2, -0.15) is 0 Å². The third-order valence-electron chi connectivity index (χ3n) is 6.44.